The summed E-state index contributed by atoms with van der Waals surface area (Å²) in [6.45, 7) is 1.93. The summed E-state index contributed by atoms with van der Waals surface area (Å²) in [7, 11) is 0. The van der Waals surface area contributed by atoms with Gasteiger partial charge in [-0.15, -0.1) is 11.3 Å². The maximum absolute atomic E-state index is 12.4. The van der Waals surface area contributed by atoms with Crippen molar-refractivity contribution in [1.82, 2.24) is 19.9 Å². The summed E-state index contributed by atoms with van der Waals surface area (Å²) in [5, 5.41) is 6.17. The van der Waals surface area contributed by atoms with E-state index in [1.54, 1.807) is 24.4 Å². The lowest BCUT2D eigenvalue weighted by atomic mass is 10.2. The number of aromatic nitrogens is 3. The number of nitrogens with one attached hydrogen (secondary N) is 1. The molecule has 0 bridgehead atoms. The minimum Gasteiger partial charge on any atom is -0.345 e. The highest BCUT2D eigenvalue weighted by atomic mass is 32.1. The second kappa shape index (κ2) is 6.70. The lowest BCUT2D eigenvalue weighted by Crippen LogP contribution is -2.34. The number of amides is 1. The van der Waals surface area contributed by atoms with Crippen LogP contribution in [-0.2, 0) is 11.3 Å². The summed E-state index contributed by atoms with van der Waals surface area (Å²) in [5.41, 5.74) is 0.413. The Kier molecular flexibility index (Phi) is 4.47. The maximum Gasteiger partial charge on any atom is 0.261 e. The fourth-order valence-corrected chi connectivity index (χ4v) is 3.13. The summed E-state index contributed by atoms with van der Waals surface area (Å²) in [5.74, 6) is -0.230. The fourth-order valence-electron chi connectivity index (χ4n) is 2.36. The zero-order chi connectivity index (χ0) is 16.2. The molecule has 0 aliphatic carbocycles. The summed E-state index contributed by atoms with van der Waals surface area (Å²) >= 11 is 1.50. The molecular formula is C16H16N4O2S. The van der Waals surface area contributed by atoms with E-state index in [2.05, 4.69) is 15.3 Å². The number of carbonyl (C=O) groups excluding carboxylic acids is 1. The molecule has 1 atom stereocenters. The van der Waals surface area contributed by atoms with Gasteiger partial charge in [-0.1, -0.05) is 19.1 Å². The van der Waals surface area contributed by atoms with Gasteiger partial charge in [-0.2, -0.15) is 0 Å². The zero-order valence-corrected chi connectivity index (χ0v) is 13.4. The van der Waals surface area contributed by atoms with Gasteiger partial charge >= 0.3 is 0 Å². The van der Waals surface area contributed by atoms with Gasteiger partial charge in [-0.25, -0.2) is 9.97 Å². The molecule has 118 valence electrons. The Labute approximate surface area is 136 Å². The van der Waals surface area contributed by atoms with Crippen molar-refractivity contribution in [2.75, 3.05) is 0 Å². The molecule has 2 heterocycles. The molecule has 2 aromatic heterocycles. The predicted octanol–water partition coefficient (Wildman–Crippen LogP) is 2.12. The topological polar surface area (TPSA) is 76.9 Å². The van der Waals surface area contributed by atoms with Crippen LogP contribution >= 0.6 is 11.3 Å². The molecule has 6 nitrogen and oxygen atoms in total. The minimum atomic E-state index is -0.230. The molecule has 1 amide bonds. The number of nitrogens with zero attached hydrogens (tertiary/aromatic N) is 3. The van der Waals surface area contributed by atoms with Gasteiger partial charge in [0.15, 0.2) is 0 Å². The second-order valence-corrected chi connectivity index (χ2v) is 6.02. The highest BCUT2D eigenvalue weighted by Gasteiger charge is 2.16. The molecule has 0 saturated carbocycles. The number of hydrogen-bond donors (Lipinski definition) is 1. The third-order valence-electron chi connectivity index (χ3n) is 3.54. The average molecular weight is 328 g/mol. The Morgan fingerprint density at radius 2 is 2.17 bits per heavy atom. The van der Waals surface area contributed by atoms with Gasteiger partial charge in [0.05, 0.1) is 23.3 Å². The van der Waals surface area contributed by atoms with Crippen molar-refractivity contribution in [2.45, 2.75) is 25.9 Å². The third kappa shape index (κ3) is 3.29. The molecular weight excluding hydrogens is 312 g/mol. The molecule has 1 N–H and O–H groups in total. The standard InChI is InChI=1S/C16H16N4O2S/c1-2-12(15-17-7-8-23-15)19-14(21)9-20-10-18-13-6-4-3-5-11(13)16(20)22/h3-8,10,12H,2,9H2,1H3,(H,19,21). The lowest BCUT2D eigenvalue weighted by Gasteiger charge is -2.15. The molecule has 7 heteroatoms. The van der Waals surface area contributed by atoms with Crippen LogP contribution in [0.4, 0.5) is 0 Å². The van der Waals surface area contributed by atoms with Crippen molar-refractivity contribution in [3.8, 4) is 0 Å². The number of rotatable bonds is 5. The molecule has 0 aliphatic rings. The van der Waals surface area contributed by atoms with E-state index >= 15 is 0 Å². The summed E-state index contributed by atoms with van der Waals surface area (Å²) in [6.07, 6.45) is 3.87. The highest BCUT2D eigenvalue weighted by molar-refractivity contribution is 7.09. The van der Waals surface area contributed by atoms with Gasteiger partial charge in [0, 0.05) is 11.6 Å². The first-order chi connectivity index (χ1) is 11.2. The van der Waals surface area contributed by atoms with E-state index in [-0.39, 0.29) is 24.1 Å². The minimum absolute atomic E-state index is 0.0570. The molecule has 1 aromatic carbocycles. The van der Waals surface area contributed by atoms with Crippen LogP contribution in [0.2, 0.25) is 0 Å². The normalized spacial score (nSPS) is 12.2. The quantitative estimate of drug-likeness (QED) is 0.778. The van der Waals surface area contributed by atoms with Gasteiger partial charge < -0.3 is 5.32 Å². The number of benzene rings is 1. The summed E-state index contributed by atoms with van der Waals surface area (Å²) < 4.78 is 1.33. The number of carbonyl (C=O) groups is 1. The van der Waals surface area contributed by atoms with Crippen LogP contribution in [0.25, 0.3) is 10.9 Å². The van der Waals surface area contributed by atoms with Crippen molar-refractivity contribution in [3.05, 3.63) is 57.5 Å². The van der Waals surface area contributed by atoms with Gasteiger partial charge in [0.2, 0.25) is 5.91 Å². The smallest absolute Gasteiger partial charge is 0.261 e. The van der Waals surface area contributed by atoms with Crippen LogP contribution < -0.4 is 10.9 Å². The van der Waals surface area contributed by atoms with Crippen molar-refractivity contribution < 1.29 is 4.79 Å². The van der Waals surface area contributed by atoms with E-state index in [1.807, 2.05) is 18.4 Å². The van der Waals surface area contributed by atoms with E-state index < -0.39 is 0 Å². The SMILES string of the molecule is CCC(NC(=O)Cn1cnc2ccccc2c1=O)c1nccs1. The molecule has 1 unspecified atom stereocenters. The first kappa shape index (κ1) is 15.4. The first-order valence-electron chi connectivity index (χ1n) is 7.32. The van der Waals surface area contributed by atoms with Gasteiger partial charge in [0.1, 0.15) is 11.6 Å². The van der Waals surface area contributed by atoms with Crippen LogP contribution in [0.3, 0.4) is 0 Å². The Bertz CT molecular complexity index is 873. The molecule has 0 aliphatic heterocycles. The van der Waals surface area contributed by atoms with Crippen LogP contribution in [0, 0.1) is 0 Å². The number of hydrogen-bond acceptors (Lipinski definition) is 5. The van der Waals surface area contributed by atoms with Crippen LogP contribution in [0.5, 0.6) is 0 Å². The summed E-state index contributed by atoms with van der Waals surface area (Å²) in [4.78, 5) is 33.1. The zero-order valence-electron chi connectivity index (χ0n) is 12.6. The second-order valence-electron chi connectivity index (χ2n) is 5.09. The van der Waals surface area contributed by atoms with Crippen LogP contribution in [0.1, 0.15) is 24.4 Å². The number of para-hydroxylation sites is 1. The van der Waals surface area contributed by atoms with E-state index in [1.165, 1.54) is 22.2 Å². The van der Waals surface area contributed by atoms with E-state index in [9.17, 15) is 9.59 Å². The van der Waals surface area contributed by atoms with Gasteiger partial charge in [-0.05, 0) is 18.6 Å². The van der Waals surface area contributed by atoms with E-state index in [0.717, 1.165) is 11.4 Å². The van der Waals surface area contributed by atoms with Crippen LogP contribution in [-0.4, -0.2) is 20.4 Å². The molecule has 3 rings (SSSR count). The van der Waals surface area contributed by atoms with E-state index in [0.29, 0.717) is 10.9 Å². The molecule has 3 aromatic rings. The van der Waals surface area contributed by atoms with Crippen LogP contribution in [0.15, 0.2) is 47.0 Å². The Balaban J connectivity index is 1.78. The molecule has 0 spiro atoms. The van der Waals surface area contributed by atoms with Crippen molar-refractivity contribution in [1.29, 1.82) is 0 Å². The largest absolute Gasteiger partial charge is 0.345 e. The van der Waals surface area contributed by atoms with E-state index in [4.69, 9.17) is 0 Å². The highest BCUT2D eigenvalue weighted by Crippen LogP contribution is 2.18. The monoisotopic (exact) mass is 328 g/mol. The number of thiazole rings is 1. The fraction of sp³-hybridized carbons (Fsp3) is 0.250. The van der Waals surface area contributed by atoms with Crippen molar-refractivity contribution in [3.63, 3.8) is 0 Å². The maximum atomic E-state index is 12.4. The Morgan fingerprint density at radius 1 is 1.35 bits per heavy atom. The first-order valence-corrected chi connectivity index (χ1v) is 8.20. The average Bonchev–Trinajstić information content (AvgIpc) is 3.10. The molecule has 23 heavy (non-hydrogen) atoms. The third-order valence-corrected chi connectivity index (χ3v) is 4.43. The molecule has 0 radical (unpaired) electrons. The van der Waals surface area contributed by atoms with Crippen molar-refractivity contribution >= 4 is 28.1 Å². The van der Waals surface area contributed by atoms with Crippen molar-refractivity contribution in [2.24, 2.45) is 0 Å². The predicted molar refractivity (Wildman–Crippen MR) is 89.3 cm³/mol. The van der Waals surface area contributed by atoms with Gasteiger partial charge in [0.25, 0.3) is 5.56 Å². The lowest BCUT2D eigenvalue weighted by molar-refractivity contribution is -0.122. The molecule has 0 saturated heterocycles. The number of fused-ring (bicyclic) bond motifs is 1. The summed E-state index contributed by atoms with van der Waals surface area (Å²) in [6, 6.07) is 6.96. The Morgan fingerprint density at radius 3 is 2.91 bits per heavy atom. The van der Waals surface area contributed by atoms with Gasteiger partial charge in [-0.3, -0.25) is 14.2 Å². The Hall–Kier alpha value is -2.54. The molecule has 0 fully saturated rings.